The number of hydrogen-bond acceptors (Lipinski definition) is 4. The third-order valence-electron chi connectivity index (χ3n) is 8.07. The number of allylic oxidation sites excluding steroid dienone is 2. The van der Waals surface area contributed by atoms with Crippen LogP contribution in [0.1, 0.15) is 37.2 Å². The number of methoxy groups -OCH3 is 1. The van der Waals surface area contributed by atoms with Crippen LogP contribution in [0, 0.1) is 5.92 Å². The lowest BCUT2D eigenvalue weighted by molar-refractivity contribution is -0.869. The number of likely N-dealkylation sites (N-methyl/N-ethyl adjacent to an activating group) is 1. The first kappa shape index (κ1) is 22.0. The smallest absolute Gasteiger partial charge is 0.122 e. The largest absolute Gasteiger partial charge is 0.496 e. The van der Waals surface area contributed by atoms with Gasteiger partial charge in [-0.1, -0.05) is 18.2 Å². The highest BCUT2D eigenvalue weighted by atomic mass is 16.5. The number of para-hydroxylation sites is 1. The van der Waals surface area contributed by atoms with Gasteiger partial charge in [-0.3, -0.25) is 9.38 Å². The Morgan fingerprint density at radius 2 is 1.75 bits per heavy atom. The summed E-state index contributed by atoms with van der Waals surface area (Å²) in [6.07, 6.45) is 10.3. The van der Waals surface area contributed by atoms with Crippen molar-refractivity contribution in [2.45, 2.75) is 31.6 Å². The van der Waals surface area contributed by atoms with Gasteiger partial charge in [0.2, 0.25) is 0 Å². The Balaban J connectivity index is 1.22. The lowest BCUT2D eigenvalue weighted by Crippen LogP contribution is -2.51. The summed E-state index contributed by atoms with van der Waals surface area (Å²) in [5.74, 6) is 2.46. The summed E-state index contributed by atoms with van der Waals surface area (Å²) in [6, 6.07) is 8.57. The Bertz CT molecular complexity index is 848. The van der Waals surface area contributed by atoms with Crippen LogP contribution in [0.3, 0.4) is 0 Å². The van der Waals surface area contributed by atoms with Crippen molar-refractivity contribution in [1.82, 2.24) is 9.80 Å². The van der Waals surface area contributed by atoms with Crippen molar-refractivity contribution in [3.63, 3.8) is 0 Å². The van der Waals surface area contributed by atoms with Gasteiger partial charge in [-0.25, -0.2) is 0 Å². The van der Waals surface area contributed by atoms with Crippen molar-refractivity contribution in [1.29, 1.82) is 0 Å². The Labute approximate surface area is 193 Å². The quantitative estimate of drug-likeness (QED) is 0.604. The Morgan fingerprint density at radius 3 is 2.47 bits per heavy atom. The second-order valence-corrected chi connectivity index (χ2v) is 10.2. The van der Waals surface area contributed by atoms with Crippen molar-refractivity contribution in [2.75, 3.05) is 73.2 Å². The van der Waals surface area contributed by atoms with Gasteiger partial charge in [0.1, 0.15) is 18.0 Å². The minimum atomic E-state index is 0.605. The van der Waals surface area contributed by atoms with Crippen LogP contribution in [-0.2, 0) is 4.74 Å². The maximum atomic E-state index is 5.63. The Morgan fingerprint density at radius 1 is 1.00 bits per heavy atom. The summed E-state index contributed by atoms with van der Waals surface area (Å²) in [7, 11) is 4.26. The minimum absolute atomic E-state index is 0.605. The number of likely N-dealkylation sites (tertiary alicyclic amines) is 1. The molecule has 3 fully saturated rings. The molecular weight excluding hydrogens is 398 g/mol. The second-order valence-electron chi connectivity index (χ2n) is 10.2. The fourth-order valence-corrected chi connectivity index (χ4v) is 5.78. The molecule has 1 aliphatic carbocycles. The van der Waals surface area contributed by atoms with Crippen LogP contribution in [0.2, 0.25) is 0 Å². The monoisotopic (exact) mass is 438 g/mol. The van der Waals surface area contributed by atoms with Crippen LogP contribution in [0.15, 0.2) is 47.8 Å². The van der Waals surface area contributed by atoms with E-state index in [9.17, 15) is 0 Å². The van der Waals surface area contributed by atoms with Crippen LogP contribution < -0.4 is 4.74 Å². The van der Waals surface area contributed by atoms with E-state index in [1.54, 1.807) is 12.8 Å². The van der Waals surface area contributed by atoms with Gasteiger partial charge in [0.05, 0.1) is 33.9 Å². The van der Waals surface area contributed by atoms with Gasteiger partial charge in [0, 0.05) is 50.4 Å². The standard InChI is InChI=1S/C27H40N3O2/c1-30(18-14-28-15-19-32-20-16-28)17-11-24(21-26(30)23-7-8-23)29-12-9-22(10-13-29)25-5-3-4-6-27(25)31-2/h3-6,11,21-23H,7-10,12-20H2,1-2H3/q+1. The van der Waals surface area contributed by atoms with Crippen molar-refractivity contribution in [3.8, 4) is 5.75 Å². The van der Waals surface area contributed by atoms with Crippen LogP contribution in [0.25, 0.3) is 0 Å². The van der Waals surface area contributed by atoms with Gasteiger partial charge < -0.3 is 14.4 Å². The molecule has 32 heavy (non-hydrogen) atoms. The number of rotatable bonds is 7. The van der Waals surface area contributed by atoms with E-state index >= 15 is 0 Å². The Hall–Kier alpha value is -1.82. The number of quaternary nitrogens is 1. The molecule has 174 valence electrons. The van der Waals surface area contributed by atoms with E-state index in [1.165, 1.54) is 50.0 Å². The van der Waals surface area contributed by atoms with E-state index in [0.717, 1.165) is 62.1 Å². The molecule has 0 amide bonds. The van der Waals surface area contributed by atoms with Gasteiger partial charge >= 0.3 is 0 Å². The zero-order chi connectivity index (χ0) is 22.0. The van der Waals surface area contributed by atoms with E-state index < -0.39 is 0 Å². The third-order valence-corrected chi connectivity index (χ3v) is 8.07. The van der Waals surface area contributed by atoms with E-state index in [1.807, 2.05) is 0 Å². The molecule has 3 heterocycles. The average molecular weight is 439 g/mol. The van der Waals surface area contributed by atoms with Crippen molar-refractivity contribution < 1.29 is 14.0 Å². The Kier molecular flexibility index (Phi) is 6.59. The molecule has 5 rings (SSSR count). The molecule has 1 aromatic carbocycles. The highest BCUT2D eigenvalue weighted by Gasteiger charge is 2.41. The summed E-state index contributed by atoms with van der Waals surface area (Å²) < 4.78 is 12.3. The molecule has 0 radical (unpaired) electrons. The number of ether oxygens (including phenoxy) is 2. The molecule has 1 aromatic rings. The molecule has 2 saturated heterocycles. The van der Waals surface area contributed by atoms with Gasteiger partial charge in [-0.15, -0.1) is 0 Å². The molecule has 0 bridgehead atoms. The highest BCUT2D eigenvalue weighted by molar-refractivity contribution is 5.37. The minimum Gasteiger partial charge on any atom is -0.496 e. The summed E-state index contributed by atoms with van der Waals surface area (Å²) in [5.41, 5.74) is 4.55. The first-order chi connectivity index (χ1) is 15.7. The molecule has 4 aliphatic rings. The molecular formula is C27H40N3O2+. The number of hydrogen-bond donors (Lipinski definition) is 0. The number of benzene rings is 1. The van der Waals surface area contributed by atoms with Gasteiger partial charge in [0.15, 0.2) is 0 Å². The van der Waals surface area contributed by atoms with Crippen LogP contribution in [0.5, 0.6) is 5.75 Å². The predicted molar refractivity (Wildman–Crippen MR) is 129 cm³/mol. The first-order valence-corrected chi connectivity index (χ1v) is 12.6. The molecule has 1 unspecified atom stereocenters. The van der Waals surface area contributed by atoms with Crippen LogP contribution in [0.4, 0.5) is 0 Å². The number of nitrogens with zero attached hydrogens (tertiary/aromatic N) is 3. The third kappa shape index (κ3) is 4.75. The summed E-state index contributed by atoms with van der Waals surface area (Å²) in [4.78, 5) is 5.22. The van der Waals surface area contributed by atoms with Gasteiger partial charge in [-0.2, -0.15) is 0 Å². The van der Waals surface area contributed by atoms with Crippen molar-refractivity contribution >= 4 is 0 Å². The fourth-order valence-electron chi connectivity index (χ4n) is 5.78. The molecule has 5 nitrogen and oxygen atoms in total. The normalized spacial score (nSPS) is 27.8. The van der Waals surface area contributed by atoms with Crippen molar-refractivity contribution in [3.05, 3.63) is 53.4 Å². The molecule has 3 aliphatic heterocycles. The predicted octanol–water partition coefficient (Wildman–Crippen LogP) is 3.84. The lowest BCUT2D eigenvalue weighted by atomic mass is 9.88. The second kappa shape index (κ2) is 9.58. The topological polar surface area (TPSA) is 24.9 Å². The van der Waals surface area contributed by atoms with Gasteiger partial charge in [0.25, 0.3) is 0 Å². The zero-order valence-electron chi connectivity index (χ0n) is 20.0. The highest BCUT2D eigenvalue weighted by Crippen LogP contribution is 2.43. The molecule has 0 spiro atoms. The molecule has 1 saturated carbocycles. The fraction of sp³-hybridized carbons (Fsp3) is 0.630. The SMILES string of the molecule is COc1ccccc1C1CCN(C2=CC[N+](C)(CCN3CCOCC3)C(C3CC3)=C2)CC1. The molecule has 0 aromatic heterocycles. The van der Waals surface area contributed by atoms with E-state index in [-0.39, 0.29) is 0 Å². The molecule has 1 atom stereocenters. The first-order valence-electron chi connectivity index (χ1n) is 12.6. The average Bonchev–Trinajstić information content (AvgIpc) is 3.69. The van der Waals surface area contributed by atoms with Crippen molar-refractivity contribution in [2.24, 2.45) is 5.92 Å². The number of morpholine rings is 1. The van der Waals surface area contributed by atoms with Crippen LogP contribution in [-0.4, -0.2) is 87.5 Å². The maximum Gasteiger partial charge on any atom is 0.122 e. The van der Waals surface area contributed by atoms with Gasteiger partial charge in [-0.05, 0) is 49.3 Å². The van der Waals surface area contributed by atoms with Crippen LogP contribution >= 0.6 is 0 Å². The summed E-state index contributed by atoms with van der Waals surface area (Å²) in [6.45, 7) is 9.76. The summed E-state index contributed by atoms with van der Waals surface area (Å²) >= 11 is 0. The van der Waals surface area contributed by atoms with E-state index in [4.69, 9.17) is 9.47 Å². The lowest BCUT2D eigenvalue weighted by Gasteiger charge is -2.42. The van der Waals surface area contributed by atoms with E-state index in [0.29, 0.717) is 5.92 Å². The maximum absolute atomic E-state index is 5.63. The summed E-state index contributed by atoms with van der Waals surface area (Å²) in [5, 5.41) is 0. The number of piperidine rings is 1. The molecule has 5 heteroatoms. The zero-order valence-corrected chi connectivity index (χ0v) is 20.0. The van der Waals surface area contributed by atoms with E-state index in [2.05, 4.69) is 53.3 Å². The molecule has 0 N–H and O–H groups in total.